The number of sulfonamides is 1. The molecule has 2 amide bonds. The number of ether oxygens (including phenoxy) is 1. The first-order valence-corrected chi connectivity index (χ1v) is 15.4. The van der Waals surface area contributed by atoms with E-state index in [1.807, 2.05) is 65.8 Å². The zero-order valence-corrected chi connectivity index (χ0v) is 25.9. The minimum absolute atomic E-state index is 0.100. The van der Waals surface area contributed by atoms with Gasteiger partial charge in [-0.15, -0.1) is 0 Å². The van der Waals surface area contributed by atoms with Gasteiger partial charge >= 0.3 is 0 Å². The second-order valence-corrected chi connectivity index (χ2v) is 12.9. The van der Waals surface area contributed by atoms with Crippen molar-refractivity contribution >= 4 is 27.5 Å². The Balaban J connectivity index is 2.07. The molecule has 3 aromatic rings. The molecule has 1 N–H and O–H groups in total. The van der Waals surface area contributed by atoms with E-state index in [-0.39, 0.29) is 23.0 Å². The van der Waals surface area contributed by atoms with Gasteiger partial charge in [-0.2, -0.15) is 0 Å². The van der Waals surface area contributed by atoms with Crippen molar-refractivity contribution in [2.75, 3.05) is 17.5 Å². The Kier molecular flexibility index (Phi) is 10.7. The van der Waals surface area contributed by atoms with Gasteiger partial charge in [0.25, 0.3) is 10.0 Å². The summed E-state index contributed by atoms with van der Waals surface area (Å²) in [5, 5.41) is 2.95. The molecule has 0 saturated carbocycles. The van der Waals surface area contributed by atoms with Crippen molar-refractivity contribution in [2.45, 2.75) is 71.0 Å². The molecule has 0 aliphatic heterocycles. The van der Waals surface area contributed by atoms with Gasteiger partial charge in [-0.25, -0.2) is 12.8 Å². The quantitative estimate of drug-likeness (QED) is 0.300. The van der Waals surface area contributed by atoms with Crippen LogP contribution in [-0.4, -0.2) is 49.9 Å². The second-order valence-electron chi connectivity index (χ2n) is 11.1. The van der Waals surface area contributed by atoms with E-state index in [0.717, 1.165) is 39.7 Å². The molecule has 42 heavy (non-hydrogen) atoms. The molecular weight excluding hydrogens is 557 g/mol. The fraction of sp³-hybridized carbons (Fsp3) is 0.375. The maximum Gasteiger partial charge on any atom is 0.264 e. The van der Waals surface area contributed by atoms with Gasteiger partial charge in [-0.3, -0.25) is 13.9 Å². The molecule has 8 nitrogen and oxygen atoms in total. The number of benzene rings is 3. The third kappa shape index (κ3) is 8.55. The van der Waals surface area contributed by atoms with E-state index >= 15 is 0 Å². The Hall–Kier alpha value is -3.92. The number of nitrogens with zero attached hydrogens (tertiary/aromatic N) is 2. The highest BCUT2D eigenvalue weighted by Gasteiger charge is 2.34. The lowest BCUT2D eigenvalue weighted by molar-refractivity contribution is -0.141. The topological polar surface area (TPSA) is 96.0 Å². The van der Waals surface area contributed by atoms with Crippen LogP contribution in [0.3, 0.4) is 0 Å². The van der Waals surface area contributed by atoms with Crippen LogP contribution in [0.5, 0.6) is 5.75 Å². The van der Waals surface area contributed by atoms with Crippen LogP contribution in [0.4, 0.5) is 10.1 Å². The molecule has 0 aliphatic carbocycles. The number of carbonyl (C=O) groups is 2. The molecule has 0 spiro atoms. The number of rotatable bonds is 12. The minimum atomic E-state index is -4.31. The summed E-state index contributed by atoms with van der Waals surface area (Å²) in [4.78, 5) is 28.8. The number of hydrogen-bond acceptors (Lipinski definition) is 5. The average molecular weight is 598 g/mol. The molecule has 1 atom stereocenters. The molecule has 10 heteroatoms. The van der Waals surface area contributed by atoms with E-state index in [4.69, 9.17) is 4.74 Å². The SMILES string of the molecule is CCOc1ccc(N(CC(=O)N(Cc2ccc(C)cc2)[C@H](CC)C(=O)NC(C)(C)C)S(=O)(=O)c2ccc(F)cc2)cc1. The Labute approximate surface area is 248 Å². The van der Waals surface area contributed by atoms with Gasteiger partial charge in [0.2, 0.25) is 11.8 Å². The summed E-state index contributed by atoms with van der Waals surface area (Å²) in [5.74, 6) is -0.944. The van der Waals surface area contributed by atoms with Crippen LogP contribution < -0.4 is 14.4 Å². The van der Waals surface area contributed by atoms with Gasteiger partial charge in [0.15, 0.2) is 0 Å². The molecule has 0 aliphatic rings. The van der Waals surface area contributed by atoms with Crippen molar-refractivity contribution in [1.29, 1.82) is 0 Å². The van der Waals surface area contributed by atoms with Gasteiger partial charge in [0, 0.05) is 12.1 Å². The summed E-state index contributed by atoms with van der Waals surface area (Å²) >= 11 is 0. The number of amides is 2. The molecule has 0 saturated heterocycles. The summed E-state index contributed by atoms with van der Waals surface area (Å²) in [6, 6.07) is 17.5. The first kappa shape index (κ1) is 32.6. The maximum absolute atomic E-state index is 14.1. The third-order valence-corrected chi connectivity index (χ3v) is 8.26. The average Bonchev–Trinajstić information content (AvgIpc) is 2.92. The van der Waals surface area contributed by atoms with Crippen LogP contribution in [-0.2, 0) is 26.2 Å². The third-order valence-electron chi connectivity index (χ3n) is 6.47. The number of carbonyl (C=O) groups excluding carboxylic acids is 2. The largest absolute Gasteiger partial charge is 0.494 e. The number of halogens is 1. The zero-order chi connectivity index (χ0) is 31.1. The summed E-state index contributed by atoms with van der Waals surface area (Å²) in [5.41, 5.74) is 1.52. The monoisotopic (exact) mass is 597 g/mol. The van der Waals surface area contributed by atoms with Gasteiger partial charge in [0.1, 0.15) is 24.2 Å². The Morgan fingerprint density at radius 2 is 1.52 bits per heavy atom. The van der Waals surface area contributed by atoms with Crippen molar-refractivity contribution in [3.05, 3.63) is 89.7 Å². The number of anilines is 1. The highest BCUT2D eigenvalue weighted by atomic mass is 32.2. The van der Waals surface area contributed by atoms with E-state index in [9.17, 15) is 22.4 Å². The molecule has 226 valence electrons. The standard InChI is InChI=1S/C32H40FN3O5S/c1-7-29(31(38)34-32(4,5)6)35(21-24-11-9-23(3)10-12-24)30(37)22-36(26-15-17-27(18-16-26)41-8-2)42(39,40)28-19-13-25(33)14-20-28/h9-20,29H,7-8,21-22H2,1-6H3,(H,34,38)/t29-/m1/s1. The van der Waals surface area contributed by atoms with E-state index in [1.54, 1.807) is 24.3 Å². The highest BCUT2D eigenvalue weighted by molar-refractivity contribution is 7.92. The Bertz CT molecular complexity index is 1450. The summed E-state index contributed by atoms with van der Waals surface area (Å²) in [6.07, 6.45) is 0.313. The summed E-state index contributed by atoms with van der Waals surface area (Å²) in [6.45, 7) is 11.1. The molecule has 0 aromatic heterocycles. The molecule has 3 aromatic carbocycles. The van der Waals surface area contributed by atoms with Crippen molar-refractivity contribution < 1.29 is 27.1 Å². The van der Waals surface area contributed by atoms with Crippen LogP contribution in [0.1, 0.15) is 52.2 Å². The summed E-state index contributed by atoms with van der Waals surface area (Å²) in [7, 11) is -4.31. The van der Waals surface area contributed by atoms with Crippen molar-refractivity contribution in [2.24, 2.45) is 0 Å². The number of nitrogens with one attached hydrogen (secondary N) is 1. The molecule has 0 unspecified atom stereocenters. The summed E-state index contributed by atoms with van der Waals surface area (Å²) < 4.78 is 47.9. The molecular formula is C32H40FN3O5S. The number of hydrogen-bond donors (Lipinski definition) is 1. The Morgan fingerprint density at radius 1 is 0.929 bits per heavy atom. The van der Waals surface area contributed by atoms with Crippen molar-refractivity contribution in [3.8, 4) is 5.75 Å². The van der Waals surface area contributed by atoms with Crippen LogP contribution in [0.15, 0.2) is 77.7 Å². The van der Waals surface area contributed by atoms with E-state index in [0.29, 0.717) is 18.8 Å². The van der Waals surface area contributed by atoms with Crippen LogP contribution in [0.2, 0.25) is 0 Å². The predicted octanol–water partition coefficient (Wildman–Crippen LogP) is 5.45. The van der Waals surface area contributed by atoms with E-state index in [2.05, 4.69) is 5.32 Å². The van der Waals surface area contributed by atoms with Crippen LogP contribution in [0, 0.1) is 12.7 Å². The van der Waals surface area contributed by atoms with E-state index < -0.39 is 39.9 Å². The second kappa shape index (κ2) is 13.8. The lowest BCUT2D eigenvalue weighted by Gasteiger charge is -2.34. The minimum Gasteiger partial charge on any atom is -0.494 e. The zero-order valence-electron chi connectivity index (χ0n) is 25.1. The molecule has 0 heterocycles. The van der Waals surface area contributed by atoms with Crippen LogP contribution in [0.25, 0.3) is 0 Å². The first-order chi connectivity index (χ1) is 19.7. The smallest absolute Gasteiger partial charge is 0.264 e. The fourth-order valence-corrected chi connectivity index (χ4v) is 5.81. The Morgan fingerprint density at radius 3 is 2.05 bits per heavy atom. The lowest BCUT2D eigenvalue weighted by atomic mass is 10.1. The normalized spacial score (nSPS) is 12.4. The van der Waals surface area contributed by atoms with Gasteiger partial charge < -0.3 is 15.0 Å². The van der Waals surface area contributed by atoms with Gasteiger partial charge in [0.05, 0.1) is 17.2 Å². The van der Waals surface area contributed by atoms with E-state index in [1.165, 1.54) is 4.90 Å². The maximum atomic E-state index is 14.1. The number of aryl methyl sites for hydroxylation is 1. The first-order valence-electron chi connectivity index (χ1n) is 13.9. The fourth-order valence-electron chi connectivity index (χ4n) is 4.40. The molecule has 0 radical (unpaired) electrons. The van der Waals surface area contributed by atoms with Crippen molar-refractivity contribution in [3.63, 3.8) is 0 Å². The highest BCUT2D eigenvalue weighted by Crippen LogP contribution is 2.27. The predicted molar refractivity (Wildman–Crippen MR) is 162 cm³/mol. The molecule has 0 bridgehead atoms. The van der Waals surface area contributed by atoms with Gasteiger partial charge in [-0.05, 0) is 95.1 Å². The van der Waals surface area contributed by atoms with Crippen molar-refractivity contribution in [1.82, 2.24) is 10.2 Å². The molecule has 0 fully saturated rings. The van der Waals surface area contributed by atoms with Crippen LogP contribution >= 0.6 is 0 Å². The molecule has 3 rings (SSSR count). The lowest BCUT2D eigenvalue weighted by Crippen LogP contribution is -2.55. The van der Waals surface area contributed by atoms with Gasteiger partial charge in [-0.1, -0.05) is 36.8 Å².